The lowest BCUT2D eigenvalue weighted by Crippen LogP contribution is -2.36. The predicted molar refractivity (Wildman–Crippen MR) is 70.1 cm³/mol. The van der Waals surface area contributed by atoms with E-state index in [1.165, 1.54) is 0 Å². The van der Waals surface area contributed by atoms with Crippen LogP contribution in [0.4, 0.5) is 13.2 Å². The first-order valence-electron chi connectivity index (χ1n) is 5.53. The number of hydrogen-bond acceptors (Lipinski definition) is 3. The van der Waals surface area contributed by atoms with Crippen LogP contribution in [-0.2, 0) is 11.2 Å². The summed E-state index contributed by atoms with van der Waals surface area (Å²) in [6, 6.07) is 3.80. The Morgan fingerprint density at radius 2 is 2.17 bits per heavy atom. The van der Waals surface area contributed by atoms with Crippen LogP contribution < -0.4 is 5.32 Å². The number of nitrogens with one attached hydrogen (secondary N) is 1. The van der Waals surface area contributed by atoms with Crippen LogP contribution in [0.15, 0.2) is 15.9 Å². The van der Waals surface area contributed by atoms with Crippen molar-refractivity contribution in [2.24, 2.45) is 0 Å². The molecule has 1 rings (SSSR count). The molecule has 1 heterocycles. The van der Waals surface area contributed by atoms with Gasteiger partial charge in [0.05, 0.1) is 10.4 Å². The molecule has 1 unspecified atom stereocenters. The lowest BCUT2D eigenvalue weighted by molar-refractivity contribution is -0.175. The normalized spacial score (nSPS) is 13.8. The summed E-state index contributed by atoms with van der Waals surface area (Å²) in [5.41, 5.74) is 0. The topological polar surface area (TPSA) is 21.3 Å². The van der Waals surface area contributed by atoms with Crippen molar-refractivity contribution in [3.8, 4) is 0 Å². The number of thiophene rings is 1. The van der Waals surface area contributed by atoms with Gasteiger partial charge in [0.2, 0.25) is 0 Å². The van der Waals surface area contributed by atoms with Crippen molar-refractivity contribution in [1.29, 1.82) is 0 Å². The lowest BCUT2D eigenvalue weighted by atomic mass is 10.2. The van der Waals surface area contributed by atoms with Crippen LogP contribution in [0.3, 0.4) is 0 Å². The summed E-state index contributed by atoms with van der Waals surface area (Å²) in [6.07, 6.45) is -3.59. The molecule has 2 nitrogen and oxygen atoms in total. The number of rotatable bonds is 7. The maximum Gasteiger partial charge on any atom is 0.411 e. The third-order valence-corrected chi connectivity index (χ3v) is 3.80. The zero-order valence-corrected chi connectivity index (χ0v) is 12.3. The van der Waals surface area contributed by atoms with E-state index in [0.717, 1.165) is 8.66 Å². The Morgan fingerprint density at radius 1 is 1.44 bits per heavy atom. The Kier molecular flexibility index (Phi) is 6.62. The van der Waals surface area contributed by atoms with E-state index in [0.29, 0.717) is 13.0 Å². The highest BCUT2D eigenvalue weighted by Crippen LogP contribution is 2.23. The van der Waals surface area contributed by atoms with E-state index in [9.17, 15) is 13.2 Å². The van der Waals surface area contributed by atoms with Gasteiger partial charge in [0, 0.05) is 10.9 Å². The summed E-state index contributed by atoms with van der Waals surface area (Å²) in [6.45, 7) is 1.49. The van der Waals surface area contributed by atoms with Crippen molar-refractivity contribution in [2.75, 3.05) is 19.8 Å². The van der Waals surface area contributed by atoms with E-state index in [1.807, 2.05) is 19.1 Å². The molecule has 0 saturated carbocycles. The zero-order chi connectivity index (χ0) is 13.6. The van der Waals surface area contributed by atoms with E-state index in [4.69, 9.17) is 4.74 Å². The Labute approximate surface area is 117 Å². The first-order chi connectivity index (χ1) is 8.40. The SMILES string of the molecule is CCNC(COCC(F)(F)F)Cc1ccc(Br)s1. The second-order valence-corrected chi connectivity index (χ2v) is 6.34. The Morgan fingerprint density at radius 3 is 2.67 bits per heavy atom. The van der Waals surface area contributed by atoms with Crippen LogP contribution in [0, 0.1) is 0 Å². The smallest absolute Gasteiger partial charge is 0.370 e. The van der Waals surface area contributed by atoms with Crippen molar-refractivity contribution in [1.82, 2.24) is 5.32 Å². The van der Waals surface area contributed by atoms with Gasteiger partial charge in [-0.2, -0.15) is 13.2 Å². The molecule has 0 fully saturated rings. The standard InChI is InChI=1S/C11H15BrF3NOS/c1-2-16-8(6-17-7-11(13,14)15)5-9-3-4-10(12)18-9/h3-4,8,16H,2,5-7H2,1H3. The number of hydrogen-bond donors (Lipinski definition) is 1. The fraction of sp³-hybridized carbons (Fsp3) is 0.636. The molecule has 0 bridgehead atoms. The average molecular weight is 346 g/mol. The van der Waals surface area contributed by atoms with Crippen LogP contribution in [-0.4, -0.2) is 32.0 Å². The third kappa shape index (κ3) is 6.72. The number of likely N-dealkylation sites (N-methyl/N-ethyl adjacent to an activating group) is 1. The molecule has 1 aromatic heterocycles. The molecule has 0 radical (unpaired) electrons. The van der Waals surface area contributed by atoms with E-state index < -0.39 is 12.8 Å². The second kappa shape index (κ2) is 7.47. The molecule has 0 aliphatic heterocycles. The summed E-state index contributed by atoms with van der Waals surface area (Å²) >= 11 is 4.94. The summed E-state index contributed by atoms with van der Waals surface area (Å²) in [5, 5.41) is 3.13. The average Bonchev–Trinajstić information content (AvgIpc) is 2.62. The van der Waals surface area contributed by atoms with E-state index in [-0.39, 0.29) is 12.6 Å². The van der Waals surface area contributed by atoms with Gasteiger partial charge in [0.15, 0.2) is 0 Å². The first kappa shape index (κ1) is 15.9. The fourth-order valence-electron chi connectivity index (χ4n) is 1.50. The molecule has 104 valence electrons. The molecule has 1 N–H and O–H groups in total. The van der Waals surface area contributed by atoms with Crippen molar-refractivity contribution in [3.63, 3.8) is 0 Å². The first-order valence-corrected chi connectivity index (χ1v) is 7.13. The largest absolute Gasteiger partial charge is 0.411 e. The predicted octanol–water partition coefficient (Wildman–Crippen LogP) is 3.61. The summed E-state index contributed by atoms with van der Waals surface area (Å²) in [5.74, 6) is 0. The Bertz CT molecular complexity index is 356. The van der Waals surface area contributed by atoms with Gasteiger partial charge in [-0.05, 0) is 41.0 Å². The van der Waals surface area contributed by atoms with Crippen LogP contribution in [0.5, 0.6) is 0 Å². The van der Waals surface area contributed by atoms with E-state index >= 15 is 0 Å². The van der Waals surface area contributed by atoms with Crippen molar-refractivity contribution in [3.05, 3.63) is 20.8 Å². The van der Waals surface area contributed by atoms with Gasteiger partial charge >= 0.3 is 6.18 Å². The highest BCUT2D eigenvalue weighted by atomic mass is 79.9. The molecule has 0 amide bonds. The van der Waals surface area contributed by atoms with Gasteiger partial charge < -0.3 is 10.1 Å². The molecule has 0 aromatic carbocycles. The van der Waals surface area contributed by atoms with Crippen molar-refractivity contribution >= 4 is 27.3 Å². The van der Waals surface area contributed by atoms with Crippen LogP contribution in [0.1, 0.15) is 11.8 Å². The Balaban J connectivity index is 2.40. The molecule has 0 aliphatic carbocycles. The maximum atomic E-state index is 12.0. The highest BCUT2D eigenvalue weighted by molar-refractivity contribution is 9.11. The number of alkyl halides is 3. The van der Waals surface area contributed by atoms with Gasteiger partial charge in [-0.3, -0.25) is 0 Å². The molecule has 0 spiro atoms. The monoisotopic (exact) mass is 345 g/mol. The minimum atomic E-state index is -4.26. The lowest BCUT2D eigenvalue weighted by Gasteiger charge is -2.17. The second-order valence-electron chi connectivity index (χ2n) is 3.79. The number of ether oxygens (including phenoxy) is 1. The van der Waals surface area contributed by atoms with Gasteiger partial charge in [0.1, 0.15) is 6.61 Å². The maximum absolute atomic E-state index is 12.0. The molecule has 1 aromatic rings. The van der Waals surface area contributed by atoms with Gasteiger partial charge in [0.25, 0.3) is 0 Å². The zero-order valence-electron chi connectivity index (χ0n) is 9.89. The molecular weight excluding hydrogens is 331 g/mol. The summed E-state index contributed by atoms with van der Waals surface area (Å²) in [4.78, 5) is 1.11. The quantitative estimate of drug-likeness (QED) is 0.814. The van der Waals surface area contributed by atoms with Crippen LogP contribution >= 0.6 is 27.3 Å². The van der Waals surface area contributed by atoms with Crippen LogP contribution in [0.2, 0.25) is 0 Å². The minimum absolute atomic E-state index is 0.0584. The fourth-order valence-corrected chi connectivity index (χ4v) is 3.06. The van der Waals surface area contributed by atoms with Gasteiger partial charge in [-0.1, -0.05) is 6.92 Å². The summed E-state index contributed by atoms with van der Waals surface area (Å²) < 4.78 is 41.6. The van der Waals surface area contributed by atoms with E-state index in [1.54, 1.807) is 11.3 Å². The Hall–Kier alpha value is -0.110. The van der Waals surface area contributed by atoms with E-state index in [2.05, 4.69) is 21.2 Å². The highest BCUT2D eigenvalue weighted by Gasteiger charge is 2.27. The van der Waals surface area contributed by atoms with Crippen LogP contribution in [0.25, 0.3) is 0 Å². The number of halogens is 4. The third-order valence-electron chi connectivity index (χ3n) is 2.15. The molecule has 18 heavy (non-hydrogen) atoms. The molecular formula is C11H15BrF3NOS. The van der Waals surface area contributed by atoms with Gasteiger partial charge in [-0.15, -0.1) is 11.3 Å². The van der Waals surface area contributed by atoms with Gasteiger partial charge in [-0.25, -0.2) is 0 Å². The molecule has 0 aliphatic rings. The molecule has 0 saturated heterocycles. The summed E-state index contributed by atoms with van der Waals surface area (Å²) in [7, 11) is 0. The van der Waals surface area contributed by atoms with Crippen molar-refractivity contribution < 1.29 is 17.9 Å². The van der Waals surface area contributed by atoms with Crippen molar-refractivity contribution in [2.45, 2.75) is 25.6 Å². The molecule has 1 atom stereocenters. The molecule has 7 heteroatoms. The minimum Gasteiger partial charge on any atom is -0.370 e.